The summed E-state index contributed by atoms with van der Waals surface area (Å²) in [6, 6.07) is 17.0. The lowest BCUT2D eigenvalue weighted by atomic mass is 10.0. The summed E-state index contributed by atoms with van der Waals surface area (Å²) in [7, 11) is -1.65. The maximum atomic E-state index is 12.9. The first-order valence-corrected chi connectivity index (χ1v) is 10.3. The molecule has 1 amide bonds. The number of hydrogen-bond donors (Lipinski definition) is 2. The predicted molar refractivity (Wildman–Crippen MR) is 110 cm³/mol. The van der Waals surface area contributed by atoms with Gasteiger partial charge in [0.2, 0.25) is 5.91 Å². The molecule has 0 aliphatic rings. The molecule has 0 aliphatic heterocycles. The number of hydrogen-bond acceptors (Lipinski definition) is 2. The van der Waals surface area contributed by atoms with Crippen molar-refractivity contribution in [2.24, 2.45) is 0 Å². The third-order valence-corrected chi connectivity index (χ3v) is 5.46. The molecule has 0 saturated heterocycles. The van der Waals surface area contributed by atoms with Gasteiger partial charge in [-0.05, 0) is 59.2 Å². The minimum absolute atomic E-state index is 0.193. The van der Waals surface area contributed by atoms with Gasteiger partial charge in [0.05, 0.1) is 17.0 Å². The molecule has 0 aromatic heterocycles. The van der Waals surface area contributed by atoms with Crippen LogP contribution < -0.4 is 10.0 Å². The highest BCUT2D eigenvalue weighted by molar-refractivity contribution is 7.83. The average molecular weight is 450 g/mol. The Morgan fingerprint density at radius 1 is 0.903 bits per heavy atom. The molecule has 0 saturated carbocycles. The van der Waals surface area contributed by atoms with E-state index in [0.29, 0.717) is 10.5 Å². The van der Waals surface area contributed by atoms with E-state index in [1.165, 1.54) is 36.4 Å². The second-order valence-corrected chi connectivity index (χ2v) is 7.89. The van der Waals surface area contributed by atoms with Crippen LogP contribution in [0, 0.1) is 5.82 Å². The van der Waals surface area contributed by atoms with Crippen LogP contribution >= 0.6 is 0 Å². The highest BCUT2D eigenvalue weighted by Gasteiger charge is 2.29. The van der Waals surface area contributed by atoms with E-state index in [-0.39, 0.29) is 13.1 Å². The van der Waals surface area contributed by atoms with Gasteiger partial charge in [-0.15, -0.1) is 0 Å². The van der Waals surface area contributed by atoms with Crippen molar-refractivity contribution in [2.45, 2.75) is 17.6 Å². The van der Waals surface area contributed by atoms with Crippen molar-refractivity contribution in [3.8, 4) is 11.1 Å². The van der Waals surface area contributed by atoms with E-state index in [0.717, 1.165) is 23.3 Å². The van der Waals surface area contributed by atoms with E-state index in [9.17, 15) is 26.6 Å². The molecule has 2 N–H and O–H groups in total. The van der Waals surface area contributed by atoms with Crippen molar-refractivity contribution in [1.29, 1.82) is 0 Å². The predicted octanol–water partition coefficient (Wildman–Crippen LogP) is 4.44. The Morgan fingerprint density at radius 3 is 2.23 bits per heavy atom. The zero-order valence-corrected chi connectivity index (χ0v) is 16.9. The number of amides is 1. The number of carbonyl (C=O) groups is 1. The summed E-state index contributed by atoms with van der Waals surface area (Å²) in [6.07, 6.45) is -4.39. The van der Waals surface area contributed by atoms with Crippen molar-refractivity contribution >= 4 is 16.9 Å². The number of alkyl halides is 3. The largest absolute Gasteiger partial charge is 0.416 e. The molecule has 1 atom stereocenters. The summed E-state index contributed by atoms with van der Waals surface area (Å²) in [6.45, 7) is -0.0131. The van der Waals surface area contributed by atoms with E-state index in [1.807, 2.05) is 0 Å². The lowest BCUT2D eigenvalue weighted by Crippen LogP contribution is -2.34. The fraction of sp³-hybridized carbons (Fsp3) is 0.136. The van der Waals surface area contributed by atoms with E-state index in [1.54, 1.807) is 24.3 Å². The molecule has 0 heterocycles. The molecule has 3 aromatic carbocycles. The van der Waals surface area contributed by atoms with Crippen LogP contribution in [0.25, 0.3) is 11.1 Å². The number of carbonyl (C=O) groups excluding carboxylic acids is 1. The van der Waals surface area contributed by atoms with E-state index in [4.69, 9.17) is 0 Å². The zero-order valence-electron chi connectivity index (χ0n) is 16.1. The fourth-order valence-corrected chi connectivity index (χ4v) is 3.56. The van der Waals surface area contributed by atoms with Gasteiger partial charge in [-0.3, -0.25) is 4.79 Å². The van der Waals surface area contributed by atoms with Gasteiger partial charge >= 0.3 is 6.18 Å². The smallest absolute Gasteiger partial charge is 0.351 e. The first-order chi connectivity index (χ1) is 14.7. The Balaban J connectivity index is 1.54. The van der Waals surface area contributed by atoms with Gasteiger partial charge in [0.15, 0.2) is 0 Å². The summed E-state index contributed by atoms with van der Waals surface area (Å²) in [5, 5.41) is 2.68. The van der Waals surface area contributed by atoms with Crippen LogP contribution in [0.5, 0.6) is 0 Å². The number of nitrogens with one attached hydrogen (secondary N) is 2. The van der Waals surface area contributed by atoms with Crippen LogP contribution in [0.4, 0.5) is 17.6 Å². The molecule has 0 bridgehead atoms. The number of benzene rings is 3. The van der Waals surface area contributed by atoms with Crippen LogP contribution in [0.2, 0.25) is 0 Å². The molecule has 162 valence electrons. The second kappa shape index (κ2) is 9.84. The molecule has 0 spiro atoms. The fourth-order valence-electron chi connectivity index (χ4n) is 2.75. The van der Waals surface area contributed by atoms with Crippen LogP contribution in [0.3, 0.4) is 0 Å². The lowest BCUT2D eigenvalue weighted by Gasteiger charge is -2.10. The maximum Gasteiger partial charge on any atom is 0.416 e. The molecule has 4 nitrogen and oxygen atoms in total. The summed E-state index contributed by atoms with van der Waals surface area (Å²) in [5.74, 6) is -0.840. The quantitative estimate of drug-likeness (QED) is 0.523. The van der Waals surface area contributed by atoms with Crippen molar-refractivity contribution in [1.82, 2.24) is 10.0 Å². The molecule has 0 fully saturated rings. The van der Waals surface area contributed by atoms with Crippen LogP contribution in [-0.2, 0) is 28.5 Å². The molecule has 3 aromatic rings. The first kappa shape index (κ1) is 22.6. The molecule has 31 heavy (non-hydrogen) atoms. The van der Waals surface area contributed by atoms with Gasteiger partial charge in [0, 0.05) is 6.54 Å². The molecule has 0 radical (unpaired) electrons. The van der Waals surface area contributed by atoms with Gasteiger partial charge in [0.25, 0.3) is 0 Å². The Labute approximate surface area is 178 Å². The Bertz CT molecular complexity index is 1070. The monoisotopic (exact) mass is 450 g/mol. The minimum atomic E-state index is -4.39. The van der Waals surface area contributed by atoms with Gasteiger partial charge in [-0.2, -0.15) is 13.2 Å². The van der Waals surface area contributed by atoms with E-state index < -0.39 is 34.4 Å². The standard InChI is InChI=1S/C22H18F4N2O2S/c23-19-8-10-20(11-9-19)31(30)28-14-21(29)27-13-15-2-1-3-17(12-15)16-4-6-18(7-5-16)22(24,25)26/h1-12,28H,13-14H2,(H,27,29). The zero-order chi connectivity index (χ0) is 22.4. The summed E-state index contributed by atoms with van der Waals surface area (Å²) >= 11 is 0. The third-order valence-electron chi connectivity index (χ3n) is 4.35. The molecule has 1 unspecified atom stereocenters. The van der Waals surface area contributed by atoms with E-state index >= 15 is 0 Å². The van der Waals surface area contributed by atoms with Crippen molar-refractivity contribution < 1.29 is 26.6 Å². The highest BCUT2D eigenvalue weighted by Crippen LogP contribution is 2.31. The summed E-state index contributed by atoms with van der Waals surface area (Å²) < 4.78 is 65.6. The highest BCUT2D eigenvalue weighted by atomic mass is 32.2. The Kier molecular flexibility index (Phi) is 7.19. The summed E-state index contributed by atoms with van der Waals surface area (Å²) in [5.41, 5.74) is 1.38. The van der Waals surface area contributed by atoms with E-state index in [2.05, 4.69) is 10.0 Å². The molecule has 0 aliphatic carbocycles. The van der Waals surface area contributed by atoms with Crippen molar-refractivity contribution in [3.63, 3.8) is 0 Å². The average Bonchev–Trinajstić information content (AvgIpc) is 2.76. The van der Waals surface area contributed by atoms with Gasteiger partial charge in [-0.25, -0.2) is 13.3 Å². The lowest BCUT2D eigenvalue weighted by molar-refractivity contribution is -0.137. The van der Waals surface area contributed by atoms with Crippen LogP contribution in [0.15, 0.2) is 77.7 Å². The number of halogens is 4. The number of rotatable bonds is 7. The Hall–Kier alpha value is -3.04. The minimum Gasteiger partial charge on any atom is -0.351 e. The van der Waals surface area contributed by atoms with Gasteiger partial charge in [0.1, 0.15) is 16.8 Å². The summed E-state index contributed by atoms with van der Waals surface area (Å²) in [4.78, 5) is 12.4. The van der Waals surface area contributed by atoms with Gasteiger partial charge in [-0.1, -0.05) is 30.3 Å². The Morgan fingerprint density at radius 2 is 1.58 bits per heavy atom. The molecule has 3 rings (SSSR count). The van der Waals surface area contributed by atoms with Gasteiger partial charge < -0.3 is 5.32 Å². The maximum absolute atomic E-state index is 12.9. The van der Waals surface area contributed by atoms with Crippen molar-refractivity contribution in [2.75, 3.05) is 6.54 Å². The van der Waals surface area contributed by atoms with Crippen LogP contribution in [-0.4, -0.2) is 16.7 Å². The first-order valence-electron chi connectivity index (χ1n) is 9.16. The normalized spacial score (nSPS) is 12.4. The second-order valence-electron chi connectivity index (χ2n) is 6.60. The molecular weight excluding hydrogens is 432 g/mol. The van der Waals surface area contributed by atoms with Crippen molar-refractivity contribution in [3.05, 3.63) is 89.7 Å². The SMILES string of the molecule is O=C(CNS(=O)c1ccc(F)cc1)NCc1cccc(-c2ccc(C(F)(F)F)cc2)c1. The molecular formula is C22H18F4N2O2S. The third kappa shape index (κ3) is 6.47. The molecule has 9 heteroatoms. The topological polar surface area (TPSA) is 58.2 Å². The van der Waals surface area contributed by atoms with Crippen LogP contribution in [0.1, 0.15) is 11.1 Å².